The third-order valence-corrected chi connectivity index (χ3v) is 4.01. The second kappa shape index (κ2) is 5.65. The maximum Gasteiger partial charge on any atom is 0.142 e. The van der Waals surface area contributed by atoms with Crippen LogP contribution in [0, 0.1) is 0 Å². The van der Waals surface area contributed by atoms with Crippen LogP contribution in [0.1, 0.15) is 0 Å². The molecule has 0 N–H and O–H groups in total. The largest absolute Gasteiger partial charge is 0.497 e. The zero-order valence-electron chi connectivity index (χ0n) is 12.8. The molecule has 0 aliphatic rings. The molecule has 0 spiro atoms. The molecule has 0 saturated heterocycles. The molecule has 3 aromatic carbocycles. The standard InChI is InChI=1S/C21H16O2/c1-22-17-13-11-16(12-14-17)21-19-10-6-5-9-18(19)20(23-21)15-7-3-2-4-8-15/h2-14H,1H3. The number of benzene rings is 3. The number of methoxy groups -OCH3 is 1. The molecule has 0 aliphatic carbocycles. The van der Waals surface area contributed by atoms with E-state index in [1.807, 2.05) is 54.6 Å². The lowest BCUT2D eigenvalue weighted by molar-refractivity contribution is 0.415. The first-order valence-electron chi connectivity index (χ1n) is 7.58. The van der Waals surface area contributed by atoms with Gasteiger partial charge in [-0.1, -0.05) is 54.6 Å². The number of furan rings is 1. The Bertz CT molecular complexity index is 935. The molecule has 0 unspecified atom stereocenters. The lowest BCUT2D eigenvalue weighted by Gasteiger charge is -2.01. The van der Waals surface area contributed by atoms with E-state index in [0.717, 1.165) is 39.2 Å². The first-order valence-corrected chi connectivity index (χ1v) is 7.58. The van der Waals surface area contributed by atoms with Crippen LogP contribution in [0.4, 0.5) is 0 Å². The summed E-state index contributed by atoms with van der Waals surface area (Å²) in [6, 6.07) is 26.5. The Labute approximate surface area is 135 Å². The van der Waals surface area contributed by atoms with Crippen LogP contribution in [0.5, 0.6) is 5.75 Å². The van der Waals surface area contributed by atoms with Crippen LogP contribution in [-0.4, -0.2) is 7.11 Å². The van der Waals surface area contributed by atoms with Crippen molar-refractivity contribution in [1.82, 2.24) is 0 Å². The van der Waals surface area contributed by atoms with E-state index in [-0.39, 0.29) is 0 Å². The van der Waals surface area contributed by atoms with E-state index in [9.17, 15) is 0 Å². The van der Waals surface area contributed by atoms with Gasteiger partial charge in [0.2, 0.25) is 0 Å². The van der Waals surface area contributed by atoms with E-state index < -0.39 is 0 Å². The Balaban J connectivity index is 1.93. The first kappa shape index (κ1) is 13.6. The predicted octanol–water partition coefficient (Wildman–Crippen LogP) is 5.78. The topological polar surface area (TPSA) is 22.4 Å². The minimum absolute atomic E-state index is 0.841. The lowest BCUT2D eigenvalue weighted by Crippen LogP contribution is -1.82. The fraction of sp³-hybridized carbons (Fsp3) is 0.0476. The molecule has 4 rings (SSSR count). The van der Waals surface area contributed by atoms with E-state index in [4.69, 9.17) is 9.15 Å². The van der Waals surface area contributed by atoms with Gasteiger partial charge in [-0.05, 0) is 24.3 Å². The van der Waals surface area contributed by atoms with Crippen LogP contribution in [0.25, 0.3) is 33.4 Å². The highest BCUT2D eigenvalue weighted by molar-refractivity contribution is 6.02. The molecule has 0 fully saturated rings. The van der Waals surface area contributed by atoms with Crippen molar-refractivity contribution >= 4 is 10.8 Å². The maximum atomic E-state index is 6.27. The quantitative estimate of drug-likeness (QED) is 0.479. The predicted molar refractivity (Wildman–Crippen MR) is 93.6 cm³/mol. The average Bonchev–Trinajstić information content (AvgIpc) is 3.02. The Morgan fingerprint density at radius 2 is 1.13 bits per heavy atom. The van der Waals surface area contributed by atoms with Crippen LogP contribution >= 0.6 is 0 Å². The van der Waals surface area contributed by atoms with Crippen molar-refractivity contribution in [3.8, 4) is 28.4 Å². The molecule has 112 valence electrons. The van der Waals surface area contributed by atoms with Crippen LogP contribution in [0.15, 0.2) is 83.3 Å². The van der Waals surface area contributed by atoms with Gasteiger partial charge in [-0.25, -0.2) is 0 Å². The molecular formula is C21H16O2. The van der Waals surface area contributed by atoms with Crippen LogP contribution in [0.3, 0.4) is 0 Å². The number of fused-ring (bicyclic) bond motifs is 1. The highest BCUT2D eigenvalue weighted by atomic mass is 16.5. The molecule has 1 aromatic heterocycles. The lowest BCUT2D eigenvalue weighted by atomic mass is 10.0. The summed E-state index contributed by atoms with van der Waals surface area (Å²) < 4.78 is 11.5. The van der Waals surface area contributed by atoms with E-state index >= 15 is 0 Å². The van der Waals surface area contributed by atoms with Gasteiger partial charge in [0.05, 0.1) is 7.11 Å². The molecule has 0 aliphatic heterocycles. The van der Waals surface area contributed by atoms with Gasteiger partial charge in [0, 0.05) is 21.9 Å². The average molecular weight is 300 g/mol. The fourth-order valence-electron chi connectivity index (χ4n) is 2.85. The summed E-state index contributed by atoms with van der Waals surface area (Å²) in [4.78, 5) is 0. The molecule has 1 heterocycles. The molecule has 0 amide bonds. The summed E-state index contributed by atoms with van der Waals surface area (Å²) in [6.07, 6.45) is 0. The highest BCUT2D eigenvalue weighted by Crippen LogP contribution is 2.39. The van der Waals surface area contributed by atoms with Crippen molar-refractivity contribution in [3.05, 3.63) is 78.9 Å². The minimum atomic E-state index is 0.841. The summed E-state index contributed by atoms with van der Waals surface area (Å²) in [5.41, 5.74) is 2.13. The van der Waals surface area contributed by atoms with Crippen molar-refractivity contribution in [2.45, 2.75) is 0 Å². The SMILES string of the molecule is COc1ccc(-c2oc(-c3ccccc3)c3ccccc23)cc1. The Kier molecular flexibility index (Phi) is 3.35. The first-order chi connectivity index (χ1) is 11.4. The Morgan fingerprint density at radius 1 is 0.609 bits per heavy atom. The summed E-state index contributed by atoms with van der Waals surface area (Å²) in [7, 11) is 1.67. The zero-order valence-corrected chi connectivity index (χ0v) is 12.8. The van der Waals surface area contributed by atoms with Gasteiger partial charge >= 0.3 is 0 Å². The molecule has 23 heavy (non-hydrogen) atoms. The Morgan fingerprint density at radius 3 is 1.70 bits per heavy atom. The third-order valence-electron chi connectivity index (χ3n) is 4.01. The molecule has 0 radical (unpaired) electrons. The van der Waals surface area contributed by atoms with Crippen molar-refractivity contribution in [1.29, 1.82) is 0 Å². The summed E-state index contributed by atoms with van der Waals surface area (Å²) in [5.74, 6) is 2.64. The van der Waals surface area contributed by atoms with Gasteiger partial charge in [0.25, 0.3) is 0 Å². The van der Waals surface area contributed by atoms with Crippen LogP contribution in [0.2, 0.25) is 0 Å². The molecule has 2 heteroatoms. The number of hydrogen-bond donors (Lipinski definition) is 0. The molecular weight excluding hydrogens is 284 g/mol. The second-order valence-electron chi connectivity index (χ2n) is 5.40. The third kappa shape index (κ3) is 2.38. The molecule has 2 nitrogen and oxygen atoms in total. The second-order valence-corrected chi connectivity index (χ2v) is 5.40. The summed E-state index contributed by atoms with van der Waals surface area (Å²) in [6.45, 7) is 0. The fourth-order valence-corrected chi connectivity index (χ4v) is 2.85. The normalized spacial score (nSPS) is 10.8. The Hall–Kier alpha value is -3.00. The number of rotatable bonds is 3. The number of hydrogen-bond acceptors (Lipinski definition) is 2. The van der Waals surface area contributed by atoms with Crippen LogP contribution in [-0.2, 0) is 0 Å². The molecule has 0 atom stereocenters. The highest BCUT2D eigenvalue weighted by Gasteiger charge is 2.15. The van der Waals surface area contributed by atoms with Gasteiger partial charge in [0.15, 0.2) is 0 Å². The smallest absolute Gasteiger partial charge is 0.142 e. The van der Waals surface area contributed by atoms with Gasteiger partial charge in [-0.2, -0.15) is 0 Å². The van der Waals surface area contributed by atoms with E-state index in [1.54, 1.807) is 7.11 Å². The maximum absolute atomic E-state index is 6.27. The van der Waals surface area contributed by atoms with Gasteiger partial charge in [-0.15, -0.1) is 0 Å². The van der Waals surface area contributed by atoms with Crippen molar-refractivity contribution in [2.75, 3.05) is 7.11 Å². The van der Waals surface area contributed by atoms with Gasteiger partial charge < -0.3 is 9.15 Å². The van der Waals surface area contributed by atoms with Gasteiger partial charge in [0.1, 0.15) is 17.3 Å². The van der Waals surface area contributed by atoms with E-state index in [0.29, 0.717) is 0 Å². The summed E-state index contributed by atoms with van der Waals surface area (Å²) in [5, 5.41) is 2.25. The van der Waals surface area contributed by atoms with Crippen LogP contribution < -0.4 is 4.74 Å². The summed E-state index contributed by atoms with van der Waals surface area (Å²) >= 11 is 0. The van der Waals surface area contributed by atoms with E-state index in [1.165, 1.54) is 0 Å². The molecule has 4 aromatic rings. The van der Waals surface area contributed by atoms with Gasteiger partial charge in [-0.3, -0.25) is 0 Å². The minimum Gasteiger partial charge on any atom is -0.497 e. The number of ether oxygens (including phenoxy) is 1. The van der Waals surface area contributed by atoms with E-state index in [2.05, 4.69) is 24.3 Å². The molecule has 0 bridgehead atoms. The molecule has 0 saturated carbocycles. The zero-order chi connectivity index (χ0) is 15.6. The monoisotopic (exact) mass is 300 g/mol. The van der Waals surface area contributed by atoms with Crippen molar-refractivity contribution in [3.63, 3.8) is 0 Å². The van der Waals surface area contributed by atoms with Crippen molar-refractivity contribution in [2.24, 2.45) is 0 Å². The van der Waals surface area contributed by atoms with Crippen molar-refractivity contribution < 1.29 is 9.15 Å².